The number of nitrogens with one attached hydrogen (secondary N) is 1. The lowest BCUT2D eigenvalue weighted by atomic mass is 10.1. The molecule has 160 valence electrons. The molecule has 0 saturated carbocycles. The van der Waals surface area contributed by atoms with Gasteiger partial charge in [0.25, 0.3) is 11.6 Å². The average molecular weight is 421 g/mol. The van der Waals surface area contributed by atoms with Gasteiger partial charge in [-0.3, -0.25) is 14.9 Å². The fourth-order valence-electron chi connectivity index (χ4n) is 3.22. The third-order valence-corrected chi connectivity index (χ3v) is 4.73. The first-order chi connectivity index (χ1) is 14.9. The number of benzene rings is 3. The summed E-state index contributed by atoms with van der Waals surface area (Å²) in [6, 6.07) is 18.9. The van der Waals surface area contributed by atoms with Crippen LogP contribution in [0.15, 0.2) is 66.7 Å². The maximum atomic E-state index is 13.0. The molecule has 0 heterocycles. The molecule has 8 heteroatoms. The van der Waals surface area contributed by atoms with Crippen LogP contribution in [-0.4, -0.2) is 37.0 Å². The van der Waals surface area contributed by atoms with Crippen LogP contribution in [0.2, 0.25) is 0 Å². The lowest BCUT2D eigenvalue weighted by Crippen LogP contribution is -2.26. The van der Waals surface area contributed by atoms with Crippen molar-refractivity contribution in [2.24, 2.45) is 0 Å². The van der Waals surface area contributed by atoms with Gasteiger partial charge in [0.15, 0.2) is 11.5 Å². The predicted molar refractivity (Wildman–Crippen MR) is 118 cm³/mol. The highest BCUT2D eigenvalue weighted by Gasteiger charge is 2.21. The van der Waals surface area contributed by atoms with Crippen LogP contribution < -0.4 is 14.8 Å². The molecule has 0 aliphatic carbocycles. The molecule has 8 nitrogen and oxygen atoms in total. The molecular weight excluding hydrogens is 398 g/mol. The Morgan fingerprint density at radius 1 is 1.03 bits per heavy atom. The number of nitrogens with zero attached hydrogens (tertiary/aromatic N) is 2. The molecule has 31 heavy (non-hydrogen) atoms. The van der Waals surface area contributed by atoms with Crippen LogP contribution in [0.1, 0.15) is 15.9 Å². The van der Waals surface area contributed by atoms with Gasteiger partial charge in [-0.25, -0.2) is 0 Å². The van der Waals surface area contributed by atoms with Gasteiger partial charge in [0.1, 0.15) is 5.69 Å². The lowest BCUT2D eigenvalue weighted by molar-refractivity contribution is -0.383. The number of hydrogen-bond acceptors (Lipinski definition) is 6. The summed E-state index contributed by atoms with van der Waals surface area (Å²) in [5.41, 5.74) is 1.82. The van der Waals surface area contributed by atoms with Crippen molar-refractivity contribution >= 4 is 23.0 Å². The number of anilines is 2. The summed E-state index contributed by atoms with van der Waals surface area (Å²) < 4.78 is 10.7. The molecule has 1 N–H and O–H groups in total. The second-order valence-electron chi connectivity index (χ2n) is 6.79. The van der Waals surface area contributed by atoms with Gasteiger partial charge in [-0.2, -0.15) is 0 Å². The number of hydrogen-bond donors (Lipinski definition) is 1. The average Bonchev–Trinajstić information content (AvgIpc) is 2.79. The van der Waals surface area contributed by atoms with Gasteiger partial charge in [-0.05, 0) is 30.3 Å². The van der Waals surface area contributed by atoms with Crippen LogP contribution >= 0.6 is 0 Å². The second kappa shape index (κ2) is 9.62. The van der Waals surface area contributed by atoms with E-state index in [-0.39, 0.29) is 23.7 Å². The molecular formula is C23H23N3O5. The monoisotopic (exact) mass is 421 g/mol. The van der Waals surface area contributed by atoms with Crippen LogP contribution in [0.25, 0.3) is 0 Å². The van der Waals surface area contributed by atoms with Crippen molar-refractivity contribution in [3.8, 4) is 11.5 Å². The Hall–Kier alpha value is -4.07. The van der Waals surface area contributed by atoms with E-state index in [1.54, 1.807) is 44.5 Å². The van der Waals surface area contributed by atoms with Crippen molar-refractivity contribution in [2.45, 2.75) is 6.54 Å². The third kappa shape index (κ3) is 4.92. The Morgan fingerprint density at radius 2 is 1.77 bits per heavy atom. The maximum absolute atomic E-state index is 13.0. The van der Waals surface area contributed by atoms with E-state index >= 15 is 0 Å². The van der Waals surface area contributed by atoms with E-state index in [4.69, 9.17) is 9.47 Å². The van der Waals surface area contributed by atoms with Crippen molar-refractivity contribution in [3.05, 3.63) is 88.0 Å². The Morgan fingerprint density at radius 3 is 2.42 bits per heavy atom. The number of carbonyl (C=O) groups is 1. The zero-order valence-corrected chi connectivity index (χ0v) is 17.5. The largest absolute Gasteiger partial charge is 0.493 e. The minimum atomic E-state index is -0.507. The van der Waals surface area contributed by atoms with E-state index in [2.05, 4.69) is 5.32 Å². The van der Waals surface area contributed by atoms with Crippen molar-refractivity contribution < 1.29 is 19.2 Å². The number of ether oxygens (including phenoxy) is 2. The van der Waals surface area contributed by atoms with E-state index < -0.39 is 4.92 Å². The highest BCUT2D eigenvalue weighted by molar-refractivity contribution is 5.95. The molecule has 3 aromatic carbocycles. The Balaban J connectivity index is 1.84. The van der Waals surface area contributed by atoms with Gasteiger partial charge in [-0.15, -0.1) is 0 Å². The number of nitro groups is 1. The van der Waals surface area contributed by atoms with E-state index in [0.29, 0.717) is 22.9 Å². The van der Waals surface area contributed by atoms with Gasteiger partial charge in [0.05, 0.1) is 19.1 Å². The number of para-hydroxylation sites is 2. The number of rotatable bonds is 8. The minimum Gasteiger partial charge on any atom is -0.493 e. The molecule has 0 aliphatic heterocycles. The molecule has 0 fully saturated rings. The zero-order valence-electron chi connectivity index (χ0n) is 17.5. The van der Waals surface area contributed by atoms with Crippen molar-refractivity contribution in [3.63, 3.8) is 0 Å². The van der Waals surface area contributed by atoms with Gasteiger partial charge in [0, 0.05) is 36.5 Å². The van der Waals surface area contributed by atoms with Crippen LogP contribution in [0.4, 0.5) is 17.1 Å². The van der Waals surface area contributed by atoms with Crippen LogP contribution in [0, 0.1) is 10.1 Å². The topological polar surface area (TPSA) is 93.9 Å². The number of carbonyl (C=O) groups excluding carboxylic acids is 1. The molecule has 0 atom stereocenters. The van der Waals surface area contributed by atoms with Crippen molar-refractivity contribution in [2.75, 3.05) is 26.6 Å². The molecule has 0 saturated heterocycles. The molecule has 0 radical (unpaired) electrons. The number of methoxy groups -OCH3 is 2. The Bertz CT molecular complexity index is 1090. The lowest BCUT2D eigenvalue weighted by Gasteiger charge is -2.20. The van der Waals surface area contributed by atoms with E-state index in [1.165, 1.54) is 18.1 Å². The molecule has 1 amide bonds. The van der Waals surface area contributed by atoms with Crippen LogP contribution in [0.5, 0.6) is 11.5 Å². The van der Waals surface area contributed by atoms with Crippen molar-refractivity contribution in [1.29, 1.82) is 0 Å². The Kier molecular flexibility index (Phi) is 6.71. The predicted octanol–water partition coefficient (Wildman–Crippen LogP) is 4.63. The fraction of sp³-hybridized carbons (Fsp3) is 0.174. The van der Waals surface area contributed by atoms with Crippen molar-refractivity contribution in [1.82, 2.24) is 4.90 Å². The summed E-state index contributed by atoms with van der Waals surface area (Å²) in [5.74, 6) is 0.755. The molecule has 0 aliphatic rings. The molecule has 0 spiro atoms. The maximum Gasteiger partial charge on any atom is 0.293 e. The standard InChI is InChI=1S/C23H23N3O5/c1-25(15-17-8-7-11-21(30-2)22(17)31-3)23(27)16-12-13-19(20(14-16)26(28)29)24-18-9-5-4-6-10-18/h4-14,24H,15H2,1-3H3. The molecule has 0 aromatic heterocycles. The highest BCUT2D eigenvalue weighted by Crippen LogP contribution is 2.32. The molecule has 3 aromatic rings. The summed E-state index contributed by atoms with van der Waals surface area (Å²) in [6.07, 6.45) is 0. The smallest absolute Gasteiger partial charge is 0.293 e. The SMILES string of the molecule is COc1cccc(CN(C)C(=O)c2ccc(Nc3ccccc3)c([N+](=O)[O-])c2)c1OC. The zero-order chi connectivity index (χ0) is 22.4. The minimum absolute atomic E-state index is 0.179. The van der Waals surface area contributed by atoms with E-state index in [9.17, 15) is 14.9 Å². The van der Waals surface area contributed by atoms with Crippen LogP contribution in [-0.2, 0) is 6.54 Å². The van der Waals surface area contributed by atoms with Gasteiger partial charge < -0.3 is 19.7 Å². The first kappa shape index (κ1) is 21.6. The van der Waals surface area contributed by atoms with Gasteiger partial charge >= 0.3 is 0 Å². The summed E-state index contributed by atoms with van der Waals surface area (Å²) >= 11 is 0. The van der Waals surface area contributed by atoms with E-state index in [1.807, 2.05) is 30.3 Å². The fourth-order valence-corrected chi connectivity index (χ4v) is 3.22. The summed E-state index contributed by atoms with van der Waals surface area (Å²) in [4.78, 5) is 25.5. The normalized spacial score (nSPS) is 10.3. The summed E-state index contributed by atoms with van der Waals surface area (Å²) in [7, 11) is 4.70. The third-order valence-electron chi connectivity index (χ3n) is 4.73. The molecule has 3 rings (SSSR count). The van der Waals surface area contributed by atoms with E-state index in [0.717, 1.165) is 5.56 Å². The highest BCUT2D eigenvalue weighted by atomic mass is 16.6. The number of amides is 1. The van der Waals surface area contributed by atoms with Crippen LogP contribution in [0.3, 0.4) is 0 Å². The quantitative estimate of drug-likeness (QED) is 0.421. The molecule has 0 unspecified atom stereocenters. The van der Waals surface area contributed by atoms with Gasteiger partial charge in [0.2, 0.25) is 0 Å². The molecule has 0 bridgehead atoms. The number of nitro benzene ring substituents is 1. The second-order valence-corrected chi connectivity index (χ2v) is 6.79. The van der Waals surface area contributed by atoms with Gasteiger partial charge in [-0.1, -0.05) is 30.3 Å². The summed E-state index contributed by atoms with van der Waals surface area (Å²) in [5, 5.41) is 14.6. The first-order valence-corrected chi connectivity index (χ1v) is 9.50. The first-order valence-electron chi connectivity index (χ1n) is 9.50. The Labute approximate surface area is 180 Å². The summed E-state index contributed by atoms with van der Waals surface area (Å²) in [6.45, 7) is 0.247.